The van der Waals surface area contributed by atoms with Gasteiger partial charge >= 0.3 is 0 Å². The molecule has 1 saturated heterocycles. The number of carbonyl (C=O) groups excluding carboxylic acids is 1. The maximum atomic E-state index is 13.6. The fourth-order valence-electron chi connectivity index (χ4n) is 2.85. The highest BCUT2D eigenvalue weighted by molar-refractivity contribution is 6.04. The Morgan fingerprint density at radius 1 is 1.04 bits per heavy atom. The number of carbonyl (C=O) groups is 1. The summed E-state index contributed by atoms with van der Waals surface area (Å²) in [6.07, 6.45) is 3.77. The monoisotopic (exact) mass is 312 g/mol. The minimum atomic E-state index is -0.363. The molecule has 120 valence electrons. The molecular formula is C19H21FN2O. The number of aryl methyl sites for hydroxylation is 1. The van der Waals surface area contributed by atoms with Gasteiger partial charge in [-0.1, -0.05) is 6.07 Å². The maximum Gasteiger partial charge on any atom is 0.255 e. The molecule has 4 heteroatoms. The lowest BCUT2D eigenvalue weighted by atomic mass is 10.1. The van der Waals surface area contributed by atoms with Crippen LogP contribution >= 0.6 is 0 Å². The zero-order valence-corrected chi connectivity index (χ0v) is 13.3. The number of benzene rings is 2. The molecule has 0 spiro atoms. The Hall–Kier alpha value is -2.36. The SMILES string of the molecule is Cc1ccc(C(=O)Nc2ccc(N3CCCCC3)cc2)cc1F. The molecule has 0 aromatic heterocycles. The molecule has 3 nitrogen and oxygen atoms in total. The van der Waals surface area contributed by atoms with Gasteiger partial charge in [0, 0.05) is 30.0 Å². The Kier molecular flexibility index (Phi) is 4.60. The molecule has 1 heterocycles. The highest BCUT2D eigenvalue weighted by Crippen LogP contribution is 2.22. The number of nitrogens with zero attached hydrogens (tertiary/aromatic N) is 1. The molecule has 0 bridgehead atoms. The van der Waals surface area contributed by atoms with Gasteiger partial charge in [-0.05, 0) is 68.1 Å². The first-order valence-corrected chi connectivity index (χ1v) is 8.06. The van der Waals surface area contributed by atoms with Gasteiger partial charge in [0.05, 0.1) is 0 Å². The number of halogens is 1. The van der Waals surface area contributed by atoms with Crippen LogP contribution in [0.1, 0.15) is 35.2 Å². The molecule has 1 amide bonds. The van der Waals surface area contributed by atoms with E-state index in [1.54, 1.807) is 19.1 Å². The smallest absolute Gasteiger partial charge is 0.255 e. The molecule has 0 saturated carbocycles. The second kappa shape index (κ2) is 6.82. The normalized spacial score (nSPS) is 14.6. The molecule has 2 aromatic rings. The van der Waals surface area contributed by atoms with Gasteiger partial charge in [-0.15, -0.1) is 0 Å². The lowest BCUT2D eigenvalue weighted by Crippen LogP contribution is -2.29. The first-order valence-electron chi connectivity index (χ1n) is 8.06. The van der Waals surface area contributed by atoms with E-state index in [0.29, 0.717) is 11.1 Å². The second-order valence-electron chi connectivity index (χ2n) is 6.01. The Balaban J connectivity index is 1.67. The average Bonchev–Trinajstić information content (AvgIpc) is 2.59. The number of amides is 1. The molecule has 1 N–H and O–H groups in total. The Morgan fingerprint density at radius 2 is 1.74 bits per heavy atom. The van der Waals surface area contributed by atoms with Crippen molar-refractivity contribution in [2.75, 3.05) is 23.3 Å². The summed E-state index contributed by atoms with van der Waals surface area (Å²) in [7, 11) is 0. The highest BCUT2D eigenvalue weighted by Gasteiger charge is 2.12. The predicted octanol–water partition coefficient (Wildman–Crippen LogP) is 4.38. The minimum absolute atomic E-state index is 0.297. The first-order chi connectivity index (χ1) is 11.1. The summed E-state index contributed by atoms with van der Waals surface area (Å²) in [6.45, 7) is 3.86. The fraction of sp³-hybridized carbons (Fsp3) is 0.316. The van der Waals surface area contributed by atoms with Crippen LogP contribution in [0.3, 0.4) is 0 Å². The number of piperidine rings is 1. The summed E-state index contributed by atoms with van der Waals surface area (Å²) in [5.41, 5.74) is 2.77. The summed E-state index contributed by atoms with van der Waals surface area (Å²) in [6, 6.07) is 12.4. The molecule has 0 radical (unpaired) electrons. The molecule has 1 aliphatic heterocycles. The molecular weight excluding hydrogens is 291 g/mol. The van der Waals surface area contributed by atoms with Crippen molar-refractivity contribution in [1.82, 2.24) is 0 Å². The predicted molar refractivity (Wildman–Crippen MR) is 91.6 cm³/mol. The second-order valence-corrected chi connectivity index (χ2v) is 6.01. The molecule has 0 aliphatic carbocycles. The van der Waals surface area contributed by atoms with Gasteiger partial charge in [0.15, 0.2) is 0 Å². The van der Waals surface area contributed by atoms with Crippen LogP contribution in [0.25, 0.3) is 0 Å². The van der Waals surface area contributed by atoms with E-state index < -0.39 is 0 Å². The first kappa shape index (κ1) is 15.5. The largest absolute Gasteiger partial charge is 0.372 e. The molecule has 1 aliphatic rings. The van der Waals surface area contributed by atoms with Gasteiger partial charge < -0.3 is 10.2 Å². The van der Waals surface area contributed by atoms with Crippen LogP contribution in [0, 0.1) is 12.7 Å². The summed E-state index contributed by atoms with van der Waals surface area (Å²) in [4.78, 5) is 14.5. The molecule has 1 fully saturated rings. The fourth-order valence-corrected chi connectivity index (χ4v) is 2.85. The topological polar surface area (TPSA) is 32.3 Å². The standard InChI is InChI=1S/C19H21FN2O/c1-14-5-6-15(13-18(14)20)19(23)21-16-7-9-17(10-8-16)22-11-3-2-4-12-22/h5-10,13H,2-4,11-12H2,1H3,(H,21,23). The van der Waals surface area contributed by atoms with Crippen LogP contribution in [-0.4, -0.2) is 19.0 Å². The molecule has 0 unspecified atom stereocenters. The van der Waals surface area contributed by atoms with Gasteiger partial charge in [-0.2, -0.15) is 0 Å². The number of hydrogen-bond donors (Lipinski definition) is 1. The van der Waals surface area contributed by atoms with Crippen molar-refractivity contribution in [2.24, 2.45) is 0 Å². The number of nitrogens with one attached hydrogen (secondary N) is 1. The van der Waals surface area contributed by atoms with Crippen molar-refractivity contribution in [3.05, 3.63) is 59.4 Å². The van der Waals surface area contributed by atoms with Gasteiger partial charge in [0.2, 0.25) is 0 Å². The molecule has 23 heavy (non-hydrogen) atoms. The Labute approximate surface area is 136 Å². The van der Waals surface area contributed by atoms with Crippen LogP contribution in [0.15, 0.2) is 42.5 Å². The van der Waals surface area contributed by atoms with Crippen molar-refractivity contribution < 1.29 is 9.18 Å². The quantitative estimate of drug-likeness (QED) is 0.912. The van der Waals surface area contributed by atoms with Crippen LogP contribution in [0.2, 0.25) is 0 Å². The highest BCUT2D eigenvalue weighted by atomic mass is 19.1. The van der Waals surface area contributed by atoms with E-state index in [4.69, 9.17) is 0 Å². The van der Waals surface area contributed by atoms with Crippen LogP contribution in [0.5, 0.6) is 0 Å². The van der Waals surface area contributed by atoms with E-state index in [0.717, 1.165) is 18.8 Å². The van der Waals surface area contributed by atoms with Crippen molar-refractivity contribution in [3.8, 4) is 0 Å². The number of hydrogen-bond acceptors (Lipinski definition) is 2. The zero-order valence-electron chi connectivity index (χ0n) is 13.3. The van der Waals surface area contributed by atoms with Crippen molar-refractivity contribution in [3.63, 3.8) is 0 Å². The van der Waals surface area contributed by atoms with E-state index in [2.05, 4.69) is 10.2 Å². The third-order valence-electron chi connectivity index (χ3n) is 4.28. The van der Waals surface area contributed by atoms with Crippen molar-refractivity contribution in [1.29, 1.82) is 0 Å². The van der Waals surface area contributed by atoms with Crippen LogP contribution in [0.4, 0.5) is 15.8 Å². The number of anilines is 2. The third kappa shape index (κ3) is 3.70. The zero-order chi connectivity index (χ0) is 16.2. The van der Waals surface area contributed by atoms with E-state index in [-0.39, 0.29) is 11.7 Å². The maximum absolute atomic E-state index is 13.6. The Bertz CT molecular complexity index is 691. The summed E-state index contributed by atoms with van der Waals surface area (Å²) < 4.78 is 13.6. The summed E-state index contributed by atoms with van der Waals surface area (Å²) in [5, 5.41) is 2.81. The van der Waals surface area contributed by atoms with Gasteiger partial charge in [-0.25, -0.2) is 4.39 Å². The summed E-state index contributed by atoms with van der Waals surface area (Å²) >= 11 is 0. The van der Waals surface area contributed by atoms with Gasteiger partial charge in [0.1, 0.15) is 5.82 Å². The van der Waals surface area contributed by atoms with Crippen LogP contribution < -0.4 is 10.2 Å². The van der Waals surface area contributed by atoms with Crippen molar-refractivity contribution in [2.45, 2.75) is 26.2 Å². The van der Waals surface area contributed by atoms with E-state index >= 15 is 0 Å². The third-order valence-corrected chi connectivity index (χ3v) is 4.28. The van der Waals surface area contributed by atoms with E-state index in [9.17, 15) is 9.18 Å². The number of rotatable bonds is 3. The average molecular weight is 312 g/mol. The molecule has 0 atom stereocenters. The molecule has 3 rings (SSSR count). The van der Waals surface area contributed by atoms with E-state index in [1.807, 2.05) is 24.3 Å². The lowest BCUT2D eigenvalue weighted by Gasteiger charge is -2.28. The van der Waals surface area contributed by atoms with Crippen molar-refractivity contribution >= 4 is 17.3 Å². The van der Waals surface area contributed by atoms with Crippen LogP contribution in [-0.2, 0) is 0 Å². The summed E-state index contributed by atoms with van der Waals surface area (Å²) in [5.74, 6) is -0.660. The minimum Gasteiger partial charge on any atom is -0.372 e. The molecule has 2 aromatic carbocycles. The van der Waals surface area contributed by atoms with E-state index in [1.165, 1.54) is 31.0 Å². The van der Waals surface area contributed by atoms with Gasteiger partial charge in [0.25, 0.3) is 5.91 Å². The Morgan fingerprint density at radius 3 is 2.39 bits per heavy atom. The van der Waals surface area contributed by atoms with Gasteiger partial charge in [-0.3, -0.25) is 4.79 Å². The lowest BCUT2D eigenvalue weighted by molar-refractivity contribution is 0.102.